The molecule has 0 aliphatic heterocycles. The fraction of sp³-hybridized carbons (Fsp3) is 0.567. The smallest absolute Gasteiger partial charge is 0.317 e. The first-order chi connectivity index (χ1) is 22.7. The lowest BCUT2D eigenvalue weighted by Gasteiger charge is -2.28. The number of nitrogens with two attached hydrogens (primary N) is 1. The summed E-state index contributed by atoms with van der Waals surface area (Å²) in [4.78, 5) is 85.3. The number of carbonyl (C=O) groups excluding carboxylic acids is 3. The van der Waals surface area contributed by atoms with Gasteiger partial charge in [-0.1, -0.05) is 36.8 Å². The van der Waals surface area contributed by atoms with Crippen LogP contribution in [0.25, 0.3) is 0 Å². The summed E-state index contributed by atoms with van der Waals surface area (Å²) in [6.07, 6.45) is 2.76. The number of nitrogens with zero attached hydrogens (tertiary/aromatic N) is 3. The van der Waals surface area contributed by atoms with Crippen LogP contribution in [0.2, 0.25) is 0 Å². The third-order valence-electron chi connectivity index (χ3n) is 6.92. The Morgan fingerprint density at radius 2 is 1.12 bits per heavy atom. The summed E-state index contributed by atoms with van der Waals surface area (Å²) in [6, 6.07) is 8.77. The van der Waals surface area contributed by atoms with E-state index in [9.17, 15) is 33.6 Å². The molecular formula is C30H47N7O11. The summed E-state index contributed by atoms with van der Waals surface area (Å²) in [6.45, 7) is -2.11. The fourth-order valence-electron chi connectivity index (χ4n) is 4.49. The van der Waals surface area contributed by atoms with Crippen molar-refractivity contribution in [1.82, 2.24) is 30.9 Å². The molecule has 1 aromatic carbocycles. The average molecular weight is 682 g/mol. The van der Waals surface area contributed by atoms with Gasteiger partial charge in [-0.05, 0) is 31.2 Å². The lowest BCUT2D eigenvalue weighted by atomic mass is 10.1. The van der Waals surface area contributed by atoms with Crippen molar-refractivity contribution in [2.45, 2.75) is 44.6 Å². The maximum atomic E-state index is 12.7. The number of unbranched alkanes of at least 4 members (excludes halogenated alkanes) is 2. The second kappa shape index (κ2) is 23.6. The number of hydrogen-bond donors (Lipinski definition) is 8. The van der Waals surface area contributed by atoms with Gasteiger partial charge in [-0.2, -0.15) is 0 Å². The van der Waals surface area contributed by atoms with Crippen molar-refractivity contribution in [3.05, 3.63) is 35.9 Å². The number of nitrogens with one attached hydrogen (secondary N) is 3. The molecule has 0 bridgehead atoms. The quantitative estimate of drug-likeness (QED) is 0.0389. The molecule has 18 nitrogen and oxygen atoms in total. The van der Waals surface area contributed by atoms with Gasteiger partial charge >= 0.3 is 23.9 Å². The molecule has 0 aliphatic rings. The second-order valence-corrected chi connectivity index (χ2v) is 11.1. The van der Waals surface area contributed by atoms with Crippen LogP contribution in [-0.4, -0.2) is 148 Å². The number of carboxylic acids is 4. The molecule has 1 aromatic rings. The van der Waals surface area contributed by atoms with Crippen LogP contribution in [0.4, 0.5) is 0 Å². The summed E-state index contributed by atoms with van der Waals surface area (Å²) in [7, 11) is 0. The molecule has 18 heteroatoms. The van der Waals surface area contributed by atoms with E-state index in [-0.39, 0.29) is 45.7 Å². The summed E-state index contributed by atoms with van der Waals surface area (Å²) < 4.78 is 0. The molecule has 0 aliphatic carbocycles. The van der Waals surface area contributed by atoms with Gasteiger partial charge in [-0.25, -0.2) is 0 Å². The van der Waals surface area contributed by atoms with E-state index >= 15 is 0 Å². The third-order valence-corrected chi connectivity index (χ3v) is 6.92. The van der Waals surface area contributed by atoms with E-state index in [2.05, 4.69) is 16.2 Å². The summed E-state index contributed by atoms with van der Waals surface area (Å²) >= 11 is 0. The summed E-state index contributed by atoms with van der Waals surface area (Å²) in [5, 5.41) is 39.1. The van der Waals surface area contributed by atoms with E-state index in [0.717, 1.165) is 15.4 Å². The monoisotopic (exact) mass is 681 g/mol. The molecule has 0 radical (unpaired) electrons. The van der Waals surface area contributed by atoms with Crippen LogP contribution in [0, 0.1) is 0 Å². The molecule has 1 unspecified atom stereocenters. The SMILES string of the molecule is NC(CCc1ccccc1)C(=O)NNC(=O)CCCCCNC(=O)CN(CCN(CC(=O)O)CC(=O)O)CCN(CC(=O)O)CC(=O)O. The molecule has 0 spiro atoms. The van der Waals surface area contributed by atoms with Crippen molar-refractivity contribution < 1.29 is 54.0 Å². The first kappa shape index (κ1) is 41.4. The highest BCUT2D eigenvalue weighted by Crippen LogP contribution is 2.04. The number of carboxylic acid groups (broad SMARTS) is 4. The van der Waals surface area contributed by atoms with Gasteiger partial charge in [0.1, 0.15) is 0 Å². The normalized spacial score (nSPS) is 11.7. The van der Waals surface area contributed by atoms with E-state index in [0.29, 0.717) is 32.1 Å². The van der Waals surface area contributed by atoms with E-state index in [4.69, 9.17) is 26.2 Å². The van der Waals surface area contributed by atoms with Gasteiger partial charge in [0.2, 0.25) is 11.8 Å². The molecular weight excluding hydrogens is 634 g/mol. The van der Waals surface area contributed by atoms with Gasteiger partial charge in [0.05, 0.1) is 38.8 Å². The number of aryl methyl sites for hydroxylation is 1. The number of hydrazine groups is 1. The zero-order valence-corrected chi connectivity index (χ0v) is 26.8. The first-order valence-electron chi connectivity index (χ1n) is 15.4. The van der Waals surface area contributed by atoms with Gasteiger partial charge in [0, 0.05) is 39.1 Å². The van der Waals surface area contributed by atoms with Crippen LogP contribution in [0.1, 0.15) is 37.7 Å². The fourth-order valence-corrected chi connectivity index (χ4v) is 4.49. The zero-order valence-electron chi connectivity index (χ0n) is 26.8. The summed E-state index contributed by atoms with van der Waals surface area (Å²) in [5.41, 5.74) is 11.6. The van der Waals surface area contributed by atoms with Crippen LogP contribution < -0.4 is 21.9 Å². The Morgan fingerprint density at radius 3 is 1.62 bits per heavy atom. The van der Waals surface area contributed by atoms with Crippen molar-refractivity contribution in [2.75, 3.05) is 65.4 Å². The number of rotatable bonds is 26. The highest BCUT2D eigenvalue weighted by molar-refractivity contribution is 5.85. The summed E-state index contributed by atoms with van der Waals surface area (Å²) in [5.74, 6) is -6.26. The lowest BCUT2D eigenvalue weighted by Crippen LogP contribution is -2.49. The Labute approximate surface area is 278 Å². The molecule has 9 N–H and O–H groups in total. The minimum Gasteiger partial charge on any atom is -0.480 e. The molecule has 0 aromatic heterocycles. The van der Waals surface area contributed by atoms with Gasteiger partial charge in [-0.3, -0.25) is 59.1 Å². The molecule has 3 amide bonds. The van der Waals surface area contributed by atoms with Crippen molar-refractivity contribution in [3.63, 3.8) is 0 Å². The molecule has 0 fully saturated rings. The van der Waals surface area contributed by atoms with E-state index in [1.165, 1.54) is 0 Å². The molecule has 1 rings (SSSR count). The Kier molecular flexibility index (Phi) is 20.4. The van der Waals surface area contributed by atoms with Crippen LogP contribution >= 0.6 is 0 Å². The highest BCUT2D eigenvalue weighted by Gasteiger charge is 2.20. The van der Waals surface area contributed by atoms with E-state index in [1.807, 2.05) is 30.3 Å². The van der Waals surface area contributed by atoms with Crippen molar-refractivity contribution in [1.29, 1.82) is 0 Å². The molecule has 268 valence electrons. The standard InChI is InChI=1S/C30H47N7O11/c31-23(11-10-22-7-3-1-4-8-22)30(48)34-33-24(38)9-5-2-6-12-32-25(39)17-35(13-15-36(18-26(40)41)19-27(42)43)14-16-37(20-28(44)45)21-29(46)47/h1,3-4,7-8,23H,2,5-6,9-21,31H2,(H,32,39)(H,33,38)(H,34,48)(H,40,41)(H,42,43)(H,44,45)(H,46,47). The molecule has 48 heavy (non-hydrogen) atoms. The average Bonchev–Trinajstić information content (AvgIpc) is 3.00. The maximum Gasteiger partial charge on any atom is 0.317 e. The molecule has 1 atom stereocenters. The van der Waals surface area contributed by atoms with Crippen molar-refractivity contribution in [3.8, 4) is 0 Å². The number of aliphatic carboxylic acids is 4. The Morgan fingerprint density at radius 1 is 0.625 bits per heavy atom. The third kappa shape index (κ3) is 21.2. The Bertz CT molecular complexity index is 1130. The second-order valence-electron chi connectivity index (χ2n) is 11.1. The highest BCUT2D eigenvalue weighted by atomic mass is 16.4. The molecule has 0 heterocycles. The number of benzene rings is 1. The topological polar surface area (TPSA) is 272 Å². The van der Waals surface area contributed by atoms with Crippen LogP contribution in [-0.2, 0) is 40.0 Å². The Balaban J connectivity index is 2.47. The van der Waals surface area contributed by atoms with Crippen LogP contribution in [0.5, 0.6) is 0 Å². The predicted molar refractivity (Wildman–Crippen MR) is 170 cm³/mol. The van der Waals surface area contributed by atoms with Crippen LogP contribution in [0.15, 0.2) is 30.3 Å². The van der Waals surface area contributed by atoms with Gasteiger partial charge in [0.25, 0.3) is 5.91 Å². The first-order valence-corrected chi connectivity index (χ1v) is 15.4. The van der Waals surface area contributed by atoms with Gasteiger partial charge in [-0.15, -0.1) is 0 Å². The van der Waals surface area contributed by atoms with E-state index in [1.54, 1.807) is 4.90 Å². The predicted octanol–water partition coefficient (Wildman–Crippen LogP) is -1.99. The number of hydrogen-bond acceptors (Lipinski definition) is 11. The molecule has 0 saturated heterocycles. The minimum absolute atomic E-state index is 0.0358. The Hall–Kier alpha value is -4.65. The lowest BCUT2D eigenvalue weighted by molar-refractivity contribution is -0.143. The van der Waals surface area contributed by atoms with Crippen molar-refractivity contribution >= 4 is 41.6 Å². The van der Waals surface area contributed by atoms with Crippen LogP contribution in [0.3, 0.4) is 0 Å². The largest absolute Gasteiger partial charge is 0.480 e. The number of carbonyl (C=O) groups is 7. The zero-order chi connectivity index (χ0) is 35.9. The van der Waals surface area contributed by atoms with Crippen molar-refractivity contribution in [2.24, 2.45) is 5.73 Å². The van der Waals surface area contributed by atoms with E-state index < -0.39 is 73.8 Å². The number of amides is 3. The van der Waals surface area contributed by atoms with Gasteiger partial charge in [0.15, 0.2) is 0 Å². The van der Waals surface area contributed by atoms with Gasteiger partial charge < -0.3 is 31.5 Å². The maximum absolute atomic E-state index is 12.7. The minimum atomic E-state index is -1.24. The molecule has 0 saturated carbocycles.